The van der Waals surface area contributed by atoms with Crippen molar-refractivity contribution in [3.63, 3.8) is 0 Å². The van der Waals surface area contributed by atoms with E-state index in [1.54, 1.807) is 12.5 Å². The van der Waals surface area contributed by atoms with Crippen molar-refractivity contribution in [3.8, 4) is 11.8 Å². The summed E-state index contributed by atoms with van der Waals surface area (Å²) in [5.74, 6) is 5.37. The molecule has 0 spiro atoms. The van der Waals surface area contributed by atoms with Gasteiger partial charge in [-0.05, 0) is 5.92 Å². The average Bonchev–Trinajstić information content (AvgIpc) is 2.41. The summed E-state index contributed by atoms with van der Waals surface area (Å²) in [6.45, 7) is 0. The largest absolute Gasteiger partial charge is 0.338 e. The summed E-state index contributed by atoms with van der Waals surface area (Å²) in [4.78, 5) is 16.4. The molecule has 0 bridgehead atoms. The Balaban J connectivity index is 2.57. The van der Waals surface area contributed by atoms with Crippen LogP contribution in [0.2, 0.25) is 0 Å². The Kier molecular flexibility index (Phi) is 2.27. The van der Waals surface area contributed by atoms with Gasteiger partial charge in [-0.25, -0.2) is 4.98 Å². The van der Waals surface area contributed by atoms with Crippen molar-refractivity contribution in [2.75, 3.05) is 0 Å². The van der Waals surface area contributed by atoms with E-state index >= 15 is 0 Å². The molecule has 3 nitrogen and oxygen atoms in total. The number of imidazole rings is 1. The maximum absolute atomic E-state index is 9.81. The van der Waals surface area contributed by atoms with Crippen molar-refractivity contribution in [1.29, 1.82) is 0 Å². The zero-order valence-electron chi connectivity index (χ0n) is 5.29. The maximum Gasteiger partial charge on any atom is 0.131 e. The molecule has 0 saturated heterocycles. The van der Waals surface area contributed by atoms with Crippen LogP contribution in [0, 0.1) is 11.8 Å². The SMILES string of the molecule is O=CCC#Cc1cnc[nH]1. The Bertz CT molecular complexity index is 253. The fourth-order valence-electron chi connectivity index (χ4n) is 0.512. The van der Waals surface area contributed by atoms with Crippen molar-refractivity contribution in [3.05, 3.63) is 18.2 Å². The molecule has 0 radical (unpaired) electrons. The van der Waals surface area contributed by atoms with Gasteiger partial charge in [0.2, 0.25) is 0 Å². The summed E-state index contributed by atoms with van der Waals surface area (Å²) in [6, 6.07) is 0. The lowest BCUT2D eigenvalue weighted by Gasteiger charge is -1.73. The monoisotopic (exact) mass is 134 g/mol. The lowest BCUT2D eigenvalue weighted by Crippen LogP contribution is -1.71. The van der Waals surface area contributed by atoms with Crippen LogP contribution in [0.5, 0.6) is 0 Å². The first-order valence-electron chi connectivity index (χ1n) is 2.84. The van der Waals surface area contributed by atoms with E-state index in [2.05, 4.69) is 21.8 Å². The minimum absolute atomic E-state index is 0.277. The maximum atomic E-state index is 9.81. The van der Waals surface area contributed by atoms with Crippen molar-refractivity contribution in [2.45, 2.75) is 6.42 Å². The predicted octanol–water partition coefficient (Wildman–Crippen LogP) is 0.350. The summed E-state index contributed by atoms with van der Waals surface area (Å²) in [7, 11) is 0. The van der Waals surface area contributed by atoms with E-state index in [9.17, 15) is 4.79 Å². The second-order valence-electron chi connectivity index (χ2n) is 1.64. The molecule has 0 amide bonds. The lowest BCUT2D eigenvalue weighted by atomic mass is 10.4. The highest BCUT2D eigenvalue weighted by Gasteiger charge is 1.81. The zero-order chi connectivity index (χ0) is 7.23. The number of H-pyrrole nitrogens is 1. The van der Waals surface area contributed by atoms with Crippen LogP contribution in [0.4, 0.5) is 0 Å². The van der Waals surface area contributed by atoms with Gasteiger partial charge in [0.25, 0.3) is 0 Å². The molecule has 0 unspecified atom stereocenters. The highest BCUT2D eigenvalue weighted by atomic mass is 16.1. The molecule has 50 valence electrons. The molecule has 10 heavy (non-hydrogen) atoms. The predicted molar refractivity (Wildman–Crippen MR) is 36.1 cm³/mol. The Morgan fingerprint density at radius 2 is 2.70 bits per heavy atom. The van der Waals surface area contributed by atoms with Gasteiger partial charge in [0.15, 0.2) is 0 Å². The second kappa shape index (κ2) is 3.46. The molecule has 0 aliphatic heterocycles. The van der Waals surface area contributed by atoms with Crippen LogP contribution in [0.3, 0.4) is 0 Å². The van der Waals surface area contributed by atoms with Crippen LogP contribution in [-0.2, 0) is 4.79 Å². The Morgan fingerprint density at radius 1 is 1.80 bits per heavy atom. The number of aromatic nitrogens is 2. The molecule has 1 heterocycles. The standard InChI is InChI=1S/C7H6N2O/c10-4-2-1-3-7-5-8-6-9-7/h4-6H,2H2,(H,8,9). The number of rotatable bonds is 1. The van der Waals surface area contributed by atoms with Crippen molar-refractivity contribution in [1.82, 2.24) is 9.97 Å². The molecule has 3 heteroatoms. The first-order valence-corrected chi connectivity index (χ1v) is 2.84. The minimum Gasteiger partial charge on any atom is -0.338 e. The summed E-state index contributed by atoms with van der Waals surface area (Å²) in [5, 5.41) is 0. The fraction of sp³-hybridized carbons (Fsp3) is 0.143. The normalized spacial score (nSPS) is 8.00. The number of aromatic amines is 1. The number of nitrogens with one attached hydrogen (secondary N) is 1. The molecule has 0 aromatic carbocycles. The first-order chi connectivity index (χ1) is 4.93. The van der Waals surface area contributed by atoms with Gasteiger partial charge in [-0.2, -0.15) is 0 Å². The van der Waals surface area contributed by atoms with Gasteiger partial charge in [-0.3, -0.25) is 0 Å². The summed E-state index contributed by atoms with van der Waals surface area (Å²) >= 11 is 0. The lowest BCUT2D eigenvalue weighted by molar-refractivity contribution is -0.107. The third-order valence-electron chi connectivity index (χ3n) is 0.907. The van der Waals surface area contributed by atoms with Gasteiger partial charge >= 0.3 is 0 Å². The van der Waals surface area contributed by atoms with Crippen LogP contribution >= 0.6 is 0 Å². The van der Waals surface area contributed by atoms with E-state index in [-0.39, 0.29) is 6.42 Å². The molecule has 0 atom stereocenters. The van der Waals surface area contributed by atoms with Crippen LogP contribution in [0.1, 0.15) is 12.1 Å². The molecular weight excluding hydrogens is 128 g/mol. The van der Waals surface area contributed by atoms with E-state index in [0.717, 1.165) is 12.0 Å². The number of hydrogen-bond acceptors (Lipinski definition) is 2. The van der Waals surface area contributed by atoms with Crippen LogP contribution in [0.25, 0.3) is 0 Å². The third kappa shape index (κ3) is 1.75. The van der Waals surface area contributed by atoms with Gasteiger partial charge in [0, 0.05) is 0 Å². The van der Waals surface area contributed by atoms with Gasteiger partial charge in [-0.1, -0.05) is 5.92 Å². The number of aldehydes is 1. The molecule has 0 fully saturated rings. The molecule has 1 N–H and O–H groups in total. The van der Waals surface area contributed by atoms with Gasteiger partial charge in [0.1, 0.15) is 12.0 Å². The highest BCUT2D eigenvalue weighted by molar-refractivity contribution is 5.54. The van der Waals surface area contributed by atoms with Crippen LogP contribution in [-0.4, -0.2) is 16.3 Å². The average molecular weight is 134 g/mol. The van der Waals surface area contributed by atoms with Crippen molar-refractivity contribution in [2.24, 2.45) is 0 Å². The topological polar surface area (TPSA) is 45.8 Å². The van der Waals surface area contributed by atoms with Gasteiger partial charge in [0.05, 0.1) is 18.9 Å². The third-order valence-corrected chi connectivity index (χ3v) is 0.907. The van der Waals surface area contributed by atoms with E-state index in [1.165, 1.54) is 0 Å². The molecule has 1 rings (SSSR count). The Hall–Kier alpha value is -1.56. The zero-order valence-corrected chi connectivity index (χ0v) is 5.29. The van der Waals surface area contributed by atoms with E-state index in [0.29, 0.717) is 0 Å². The fourth-order valence-corrected chi connectivity index (χ4v) is 0.512. The van der Waals surface area contributed by atoms with Crippen molar-refractivity contribution >= 4 is 6.29 Å². The first kappa shape index (κ1) is 6.56. The number of nitrogens with zero attached hydrogens (tertiary/aromatic N) is 1. The number of carbonyl (C=O) groups excluding carboxylic acids is 1. The number of hydrogen-bond donors (Lipinski definition) is 1. The highest BCUT2D eigenvalue weighted by Crippen LogP contribution is 1.84. The smallest absolute Gasteiger partial charge is 0.131 e. The summed E-state index contributed by atoms with van der Waals surface area (Å²) in [6.07, 6.45) is 4.20. The summed E-state index contributed by atoms with van der Waals surface area (Å²) in [5.41, 5.74) is 0.738. The Labute approximate surface area is 58.5 Å². The molecule has 1 aromatic rings. The molecule has 0 aliphatic rings. The quantitative estimate of drug-likeness (QED) is 0.445. The van der Waals surface area contributed by atoms with E-state index < -0.39 is 0 Å². The second-order valence-corrected chi connectivity index (χ2v) is 1.64. The Morgan fingerprint density at radius 3 is 3.30 bits per heavy atom. The summed E-state index contributed by atoms with van der Waals surface area (Å²) < 4.78 is 0. The van der Waals surface area contributed by atoms with Crippen molar-refractivity contribution < 1.29 is 4.79 Å². The molecular formula is C7H6N2O. The minimum atomic E-state index is 0.277. The van der Waals surface area contributed by atoms with Crippen LogP contribution in [0.15, 0.2) is 12.5 Å². The van der Waals surface area contributed by atoms with Crippen LogP contribution < -0.4 is 0 Å². The number of carbonyl (C=O) groups is 1. The van der Waals surface area contributed by atoms with Gasteiger partial charge < -0.3 is 9.78 Å². The van der Waals surface area contributed by atoms with Gasteiger partial charge in [-0.15, -0.1) is 0 Å². The molecule has 0 saturated carbocycles. The molecule has 1 aromatic heterocycles. The van der Waals surface area contributed by atoms with E-state index in [4.69, 9.17) is 0 Å². The molecule has 0 aliphatic carbocycles. The van der Waals surface area contributed by atoms with E-state index in [1.807, 2.05) is 0 Å².